The molecule has 0 unspecified atom stereocenters. The number of benzene rings is 1. The predicted octanol–water partition coefficient (Wildman–Crippen LogP) is 5.14. The number of halogens is 2. The van der Waals surface area contributed by atoms with Crippen LogP contribution in [-0.4, -0.2) is 0 Å². The van der Waals surface area contributed by atoms with E-state index in [1.807, 2.05) is 0 Å². The third kappa shape index (κ3) is 2.62. The van der Waals surface area contributed by atoms with E-state index in [2.05, 4.69) is 85.0 Å². The minimum atomic E-state index is 0.622. The summed E-state index contributed by atoms with van der Waals surface area (Å²) in [7, 11) is 0. The Kier molecular flexibility index (Phi) is 4.68. The Bertz CT molecular complexity index is 294. The largest absolute Gasteiger partial charge is 0.0586 e. The lowest BCUT2D eigenvalue weighted by molar-refractivity contribution is 0.832. The Morgan fingerprint density at radius 1 is 0.786 bits per heavy atom. The zero-order chi connectivity index (χ0) is 10.9. The summed E-state index contributed by atoms with van der Waals surface area (Å²) < 4.78 is 2.87. The maximum absolute atomic E-state index is 2.47. The van der Waals surface area contributed by atoms with Crippen LogP contribution < -0.4 is 0 Å². The first-order valence-corrected chi connectivity index (χ1v) is 7.08. The van der Waals surface area contributed by atoms with E-state index in [-0.39, 0.29) is 0 Å². The Morgan fingerprint density at radius 3 is 1.29 bits per heavy atom. The molecule has 1 rings (SSSR count). The molecule has 0 aliphatic rings. The van der Waals surface area contributed by atoms with Crippen molar-refractivity contribution >= 4 is 45.2 Å². The summed E-state index contributed by atoms with van der Waals surface area (Å²) in [6.45, 7) is 9.01. The fourth-order valence-electron chi connectivity index (χ4n) is 1.47. The molecule has 0 amide bonds. The molecule has 0 nitrogen and oxygen atoms in total. The third-order valence-electron chi connectivity index (χ3n) is 2.39. The van der Waals surface area contributed by atoms with Gasteiger partial charge in [0.1, 0.15) is 0 Å². The molecule has 0 aliphatic heterocycles. The van der Waals surface area contributed by atoms with Gasteiger partial charge in [-0.15, -0.1) is 0 Å². The van der Waals surface area contributed by atoms with Crippen molar-refractivity contribution < 1.29 is 0 Å². The molecule has 0 saturated heterocycles. The molecule has 0 fully saturated rings. The van der Waals surface area contributed by atoms with Gasteiger partial charge < -0.3 is 0 Å². The van der Waals surface area contributed by atoms with Gasteiger partial charge >= 0.3 is 0 Å². The second kappa shape index (κ2) is 5.14. The van der Waals surface area contributed by atoms with E-state index in [9.17, 15) is 0 Å². The van der Waals surface area contributed by atoms with Gasteiger partial charge in [-0.2, -0.15) is 0 Å². The van der Waals surface area contributed by atoms with E-state index in [0.29, 0.717) is 11.8 Å². The first-order valence-electron chi connectivity index (χ1n) is 4.93. The summed E-state index contributed by atoms with van der Waals surface area (Å²) in [5.41, 5.74) is 2.94. The van der Waals surface area contributed by atoms with Crippen molar-refractivity contribution in [3.8, 4) is 0 Å². The van der Waals surface area contributed by atoms with Crippen LogP contribution in [0.1, 0.15) is 50.7 Å². The summed E-state index contributed by atoms with van der Waals surface area (Å²) in [4.78, 5) is 0. The Balaban J connectivity index is 3.26. The monoisotopic (exact) mass is 414 g/mol. The summed E-state index contributed by atoms with van der Waals surface area (Å²) in [6, 6.07) is 4.56. The van der Waals surface area contributed by atoms with E-state index in [1.54, 1.807) is 0 Å². The van der Waals surface area contributed by atoms with Crippen molar-refractivity contribution in [2.24, 2.45) is 0 Å². The van der Waals surface area contributed by atoms with Gasteiger partial charge in [0, 0.05) is 7.14 Å². The maximum Gasteiger partial charge on any atom is 0.0301 e. The van der Waals surface area contributed by atoms with Crippen LogP contribution in [0.25, 0.3) is 0 Å². The van der Waals surface area contributed by atoms with E-state index in [1.165, 1.54) is 18.3 Å². The number of hydrogen-bond donors (Lipinski definition) is 0. The molecular weight excluding hydrogens is 398 g/mol. The predicted molar refractivity (Wildman–Crippen MR) is 80.1 cm³/mol. The standard InChI is InChI=1S/C12H16I2/c1-7(2)9-5-6-10(8(3)4)12(14)11(9)13/h5-8H,1-4H3. The van der Waals surface area contributed by atoms with Crippen molar-refractivity contribution in [2.75, 3.05) is 0 Å². The molecule has 78 valence electrons. The molecule has 0 N–H and O–H groups in total. The van der Waals surface area contributed by atoms with Gasteiger partial charge in [-0.3, -0.25) is 0 Å². The first-order chi connectivity index (χ1) is 6.45. The molecule has 0 bridgehead atoms. The lowest BCUT2D eigenvalue weighted by Crippen LogP contribution is -2.00. The maximum atomic E-state index is 2.47. The van der Waals surface area contributed by atoms with Gasteiger partial charge in [-0.1, -0.05) is 39.8 Å². The average molecular weight is 414 g/mol. The smallest absolute Gasteiger partial charge is 0.0301 e. The fraction of sp³-hybridized carbons (Fsp3) is 0.500. The summed E-state index contributed by atoms with van der Waals surface area (Å²) in [5.74, 6) is 1.24. The first kappa shape index (κ1) is 12.7. The molecule has 0 heterocycles. The Morgan fingerprint density at radius 2 is 1.07 bits per heavy atom. The number of hydrogen-bond acceptors (Lipinski definition) is 0. The highest BCUT2D eigenvalue weighted by Gasteiger charge is 2.12. The van der Waals surface area contributed by atoms with Crippen molar-refractivity contribution in [3.63, 3.8) is 0 Å². The van der Waals surface area contributed by atoms with Crippen LogP contribution in [0.15, 0.2) is 12.1 Å². The number of rotatable bonds is 2. The van der Waals surface area contributed by atoms with Crippen LogP contribution >= 0.6 is 45.2 Å². The molecule has 1 aromatic carbocycles. The van der Waals surface area contributed by atoms with Crippen molar-refractivity contribution in [2.45, 2.75) is 39.5 Å². The van der Waals surface area contributed by atoms with Gasteiger partial charge in [-0.05, 0) is 68.1 Å². The molecule has 0 spiro atoms. The zero-order valence-electron chi connectivity index (χ0n) is 9.07. The topological polar surface area (TPSA) is 0 Å². The van der Waals surface area contributed by atoms with Gasteiger partial charge in [-0.25, -0.2) is 0 Å². The summed E-state index contributed by atoms with van der Waals surface area (Å²) in [6.07, 6.45) is 0. The van der Waals surface area contributed by atoms with Gasteiger partial charge in [0.25, 0.3) is 0 Å². The Hall–Kier alpha value is 0.680. The van der Waals surface area contributed by atoms with Crippen LogP contribution in [0, 0.1) is 7.14 Å². The van der Waals surface area contributed by atoms with E-state index < -0.39 is 0 Å². The van der Waals surface area contributed by atoms with Crippen LogP contribution in [0.5, 0.6) is 0 Å². The van der Waals surface area contributed by atoms with Crippen LogP contribution in [-0.2, 0) is 0 Å². The normalized spacial score (nSPS) is 11.4. The average Bonchev–Trinajstić information content (AvgIpc) is 2.08. The quantitative estimate of drug-likeness (QED) is 0.588. The van der Waals surface area contributed by atoms with Gasteiger partial charge in [0.15, 0.2) is 0 Å². The lowest BCUT2D eigenvalue weighted by atomic mass is 9.97. The highest BCUT2D eigenvalue weighted by molar-refractivity contribution is 14.1. The second-order valence-electron chi connectivity index (χ2n) is 4.18. The highest BCUT2D eigenvalue weighted by Crippen LogP contribution is 2.31. The molecule has 1 aromatic rings. The zero-order valence-corrected chi connectivity index (χ0v) is 13.4. The van der Waals surface area contributed by atoms with E-state index >= 15 is 0 Å². The molecule has 2 heteroatoms. The minimum Gasteiger partial charge on any atom is -0.0586 e. The minimum absolute atomic E-state index is 0.622. The summed E-state index contributed by atoms with van der Waals surface area (Å²) >= 11 is 4.94. The molecule has 0 saturated carbocycles. The van der Waals surface area contributed by atoms with Gasteiger partial charge in [0.05, 0.1) is 0 Å². The van der Waals surface area contributed by atoms with Crippen LogP contribution in [0.4, 0.5) is 0 Å². The van der Waals surface area contributed by atoms with E-state index in [4.69, 9.17) is 0 Å². The molecule has 0 aromatic heterocycles. The third-order valence-corrected chi connectivity index (χ3v) is 5.74. The van der Waals surface area contributed by atoms with E-state index in [0.717, 1.165) is 0 Å². The van der Waals surface area contributed by atoms with Crippen molar-refractivity contribution in [1.29, 1.82) is 0 Å². The van der Waals surface area contributed by atoms with Crippen molar-refractivity contribution in [3.05, 3.63) is 30.4 Å². The van der Waals surface area contributed by atoms with Crippen LogP contribution in [0.2, 0.25) is 0 Å². The summed E-state index contributed by atoms with van der Waals surface area (Å²) in [5, 5.41) is 0. The molecule has 14 heavy (non-hydrogen) atoms. The van der Waals surface area contributed by atoms with Crippen molar-refractivity contribution in [1.82, 2.24) is 0 Å². The molecule has 0 atom stereocenters. The molecule has 0 radical (unpaired) electrons. The Labute approximate surface area is 114 Å². The van der Waals surface area contributed by atoms with Gasteiger partial charge in [0.2, 0.25) is 0 Å². The highest BCUT2D eigenvalue weighted by atomic mass is 127. The van der Waals surface area contributed by atoms with Crippen LogP contribution in [0.3, 0.4) is 0 Å². The SMILES string of the molecule is CC(C)c1ccc(C(C)C)c(I)c1I. The lowest BCUT2D eigenvalue weighted by Gasteiger charge is -2.15. The molecule has 0 aliphatic carbocycles. The second-order valence-corrected chi connectivity index (χ2v) is 6.34. The fourth-order valence-corrected chi connectivity index (χ4v) is 3.70. The molecular formula is C12H16I2.